The molecule has 0 aliphatic carbocycles. The Morgan fingerprint density at radius 3 is 2.38 bits per heavy atom. The SMILES string of the molecule is COCCCOC(O)C(C)(C)CO. The second-order valence-electron chi connectivity index (χ2n) is 3.72. The molecule has 0 aliphatic heterocycles. The highest BCUT2D eigenvalue weighted by molar-refractivity contribution is 4.69. The van der Waals surface area contributed by atoms with Crippen LogP contribution in [0.15, 0.2) is 0 Å². The summed E-state index contributed by atoms with van der Waals surface area (Å²) in [5.74, 6) is 0. The molecule has 0 bridgehead atoms. The molecular formula is C9H20O4. The maximum absolute atomic E-state index is 9.45. The molecule has 13 heavy (non-hydrogen) atoms. The zero-order valence-corrected chi connectivity index (χ0v) is 8.62. The first kappa shape index (κ1) is 12.8. The van der Waals surface area contributed by atoms with Gasteiger partial charge >= 0.3 is 0 Å². The van der Waals surface area contributed by atoms with E-state index in [4.69, 9.17) is 14.6 Å². The van der Waals surface area contributed by atoms with Crippen molar-refractivity contribution in [2.24, 2.45) is 5.41 Å². The maximum atomic E-state index is 9.45. The summed E-state index contributed by atoms with van der Waals surface area (Å²) in [6.45, 7) is 4.45. The van der Waals surface area contributed by atoms with Gasteiger partial charge in [0.15, 0.2) is 6.29 Å². The van der Waals surface area contributed by atoms with E-state index >= 15 is 0 Å². The third-order valence-electron chi connectivity index (χ3n) is 1.84. The van der Waals surface area contributed by atoms with Gasteiger partial charge in [-0.2, -0.15) is 0 Å². The summed E-state index contributed by atoms with van der Waals surface area (Å²) in [4.78, 5) is 0. The average Bonchev–Trinajstić information content (AvgIpc) is 2.12. The molecule has 4 nitrogen and oxygen atoms in total. The van der Waals surface area contributed by atoms with Crippen LogP contribution >= 0.6 is 0 Å². The van der Waals surface area contributed by atoms with Crippen LogP contribution in [0.2, 0.25) is 0 Å². The molecule has 0 aromatic heterocycles. The van der Waals surface area contributed by atoms with Crippen LogP contribution in [0, 0.1) is 5.41 Å². The van der Waals surface area contributed by atoms with Gasteiger partial charge in [-0.25, -0.2) is 0 Å². The lowest BCUT2D eigenvalue weighted by atomic mass is 9.94. The molecule has 0 fully saturated rings. The Bertz CT molecular complexity index is 125. The molecule has 0 aromatic carbocycles. The number of methoxy groups -OCH3 is 1. The number of aliphatic hydroxyl groups is 2. The van der Waals surface area contributed by atoms with Crippen LogP contribution in [-0.2, 0) is 9.47 Å². The molecule has 0 aromatic rings. The number of ether oxygens (including phenoxy) is 2. The van der Waals surface area contributed by atoms with Gasteiger partial charge in [-0.15, -0.1) is 0 Å². The van der Waals surface area contributed by atoms with E-state index < -0.39 is 11.7 Å². The van der Waals surface area contributed by atoms with E-state index in [1.54, 1.807) is 21.0 Å². The Morgan fingerprint density at radius 1 is 1.31 bits per heavy atom. The lowest BCUT2D eigenvalue weighted by molar-refractivity contribution is -0.176. The standard InChI is InChI=1S/C9H20O4/c1-9(2,7-10)8(11)13-6-4-5-12-3/h8,10-11H,4-7H2,1-3H3. The quantitative estimate of drug-likeness (QED) is 0.452. The number of hydrogen-bond donors (Lipinski definition) is 2. The summed E-state index contributed by atoms with van der Waals surface area (Å²) in [6.07, 6.45) is -0.177. The Hall–Kier alpha value is -0.160. The first-order chi connectivity index (χ1) is 6.04. The molecule has 0 saturated heterocycles. The highest BCUT2D eigenvalue weighted by atomic mass is 16.6. The van der Waals surface area contributed by atoms with Crippen molar-refractivity contribution in [3.63, 3.8) is 0 Å². The summed E-state index contributed by atoms with van der Waals surface area (Å²) < 4.78 is 9.94. The van der Waals surface area contributed by atoms with E-state index in [2.05, 4.69) is 0 Å². The lowest BCUT2D eigenvalue weighted by Crippen LogP contribution is -2.35. The van der Waals surface area contributed by atoms with E-state index in [-0.39, 0.29) is 6.61 Å². The third kappa shape index (κ3) is 5.21. The Kier molecular flexibility index (Phi) is 6.24. The Balaban J connectivity index is 3.55. The predicted molar refractivity (Wildman–Crippen MR) is 49.3 cm³/mol. The number of rotatable bonds is 7. The van der Waals surface area contributed by atoms with Crippen LogP contribution in [0.3, 0.4) is 0 Å². The van der Waals surface area contributed by atoms with Gasteiger partial charge in [0, 0.05) is 19.1 Å². The molecule has 1 atom stereocenters. The van der Waals surface area contributed by atoms with Gasteiger partial charge in [0.25, 0.3) is 0 Å². The van der Waals surface area contributed by atoms with Crippen LogP contribution in [0.5, 0.6) is 0 Å². The number of hydrogen-bond acceptors (Lipinski definition) is 4. The first-order valence-electron chi connectivity index (χ1n) is 4.44. The van der Waals surface area contributed by atoms with E-state index in [1.165, 1.54) is 0 Å². The van der Waals surface area contributed by atoms with Crippen molar-refractivity contribution >= 4 is 0 Å². The fraction of sp³-hybridized carbons (Fsp3) is 1.00. The van der Waals surface area contributed by atoms with Gasteiger partial charge in [-0.3, -0.25) is 0 Å². The predicted octanol–water partition coefficient (Wildman–Crippen LogP) is 0.376. The minimum absolute atomic E-state index is 0.0988. The molecule has 2 N–H and O–H groups in total. The monoisotopic (exact) mass is 192 g/mol. The molecule has 80 valence electrons. The van der Waals surface area contributed by atoms with Crippen molar-refractivity contribution in [3.8, 4) is 0 Å². The third-order valence-corrected chi connectivity index (χ3v) is 1.84. The Morgan fingerprint density at radius 2 is 1.92 bits per heavy atom. The summed E-state index contributed by atoms with van der Waals surface area (Å²) in [6, 6.07) is 0. The molecule has 0 radical (unpaired) electrons. The largest absolute Gasteiger partial charge is 0.396 e. The van der Waals surface area contributed by atoms with Gasteiger partial charge in [0.2, 0.25) is 0 Å². The lowest BCUT2D eigenvalue weighted by Gasteiger charge is -2.27. The van der Waals surface area contributed by atoms with Crippen LogP contribution in [0.25, 0.3) is 0 Å². The molecule has 0 heterocycles. The van der Waals surface area contributed by atoms with Crippen molar-refractivity contribution < 1.29 is 19.7 Å². The summed E-state index contributed by atoms with van der Waals surface area (Å²) >= 11 is 0. The average molecular weight is 192 g/mol. The minimum atomic E-state index is -0.922. The molecule has 1 unspecified atom stereocenters. The van der Waals surface area contributed by atoms with Crippen LogP contribution in [0.4, 0.5) is 0 Å². The number of aliphatic hydroxyl groups excluding tert-OH is 2. The molecule has 0 aliphatic rings. The van der Waals surface area contributed by atoms with Gasteiger partial charge in [-0.1, -0.05) is 13.8 Å². The zero-order valence-electron chi connectivity index (χ0n) is 8.62. The van der Waals surface area contributed by atoms with Gasteiger partial charge < -0.3 is 19.7 Å². The second-order valence-corrected chi connectivity index (χ2v) is 3.72. The van der Waals surface area contributed by atoms with E-state index in [0.29, 0.717) is 13.2 Å². The minimum Gasteiger partial charge on any atom is -0.396 e. The summed E-state index contributed by atoms with van der Waals surface area (Å²) in [5, 5.41) is 18.4. The molecule has 0 saturated carbocycles. The highest BCUT2D eigenvalue weighted by Crippen LogP contribution is 2.20. The van der Waals surface area contributed by atoms with Crippen molar-refractivity contribution in [3.05, 3.63) is 0 Å². The highest BCUT2D eigenvalue weighted by Gasteiger charge is 2.27. The maximum Gasteiger partial charge on any atom is 0.161 e. The smallest absolute Gasteiger partial charge is 0.161 e. The van der Waals surface area contributed by atoms with Crippen LogP contribution in [-0.4, -0.2) is 43.4 Å². The summed E-state index contributed by atoms with van der Waals surface area (Å²) in [7, 11) is 1.62. The van der Waals surface area contributed by atoms with Crippen molar-refractivity contribution in [2.75, 3.05) is 26.9 Å². The fourth-order valence-electron chi connectivity index (χ4n) is 0.702. The molecule has 0 amide bonds. The van der Waals surface area contributed by atoms with Crippen LogP contribution in [0.1, 0.15) is 20.3 Å². The Labute approximate surface area is 79.5 Å². The molecule has 0 rings (SSSR count). The fourth-order valence-corrected chi connectivity index (χ4v) is 0.702. The van der Waals surface area contributed by atoms with E-state index in [0.717, 1.165) is 6.42 Å². The second kappa shape index (κ2) is 6.32. The van der Waals surface area contributed by atoms with Crippen molar-refractivity contribution in [1.82, 2.24) is 0 Å². The molecular weight excluding hydrogens is 172 g/mol. The molecule has 0 spiro atoms. The first-order valence-corrected chi connectivity index (χ1v) is 4.44. The van der Waals surface area contributed by atoms with Gasteiger partial charge in [0.05, 0.1) is 13.2 Å². The van der Waals surface area contributed by atoms with Crippen molar-refractivity contribution in [1.29, 1.82) is 0 Å². The topological polar surface area (TPSA) is 58.9 Å². The van der Waals surface area contributed by atoms with E-state index in [9.17, 15) is 5.11 Å². The normalized spacial score (nSPS) is 14.5. The van der Waals surface area contributed by atoms with Gasteiger partial charge in [-0.05, 0) is 6.42 Å². The molecule has 4 heteroatoms. The summed E-state index contributed by atoms with van der Waals surface area (Å²) in [5.41, 5.74) is -0.604. The van der Waals surface area contributed by atoms with E-state index in [1.807, 2.05) is 0 Å². The van der Waals surface area contributed by atoms with Crippen molar-refractivity contribution in [2.45, 2.75) is 26.6 Å². The van der Waals surface area contributed by atoms with Crippen LogP contribution < -0.4 is 0 Å². The zero-order chi connectivity index (χ0) is 10.3. The van der Waals surface area contributed by atoms with Gasteiger partial charge in [0.1, 0.15) is 0 Å².